The van der Waals surface area contributed by atoms with Crippen molar-refractivity contribution in [1.29, 1.82) is 0 Å². The smallest absolute Gasteiger partial charge is 0.122 e. The monoisotopic (exact) mass is 288 g/mol. The van der Waals surface area contributed by atoms with Crippen LogP contribution in [0.15, 0.2) is 72.8 Å². The van der Waals surface area contributed by atoms with Gasteiger partial charge in [0.2, 0.25) is 0 Å². The molecule has 0 unspecified atom stereocenters. The van der Waals surface area contributed by atoms with Crippen molar-refractivity contribution in [2.24, 2.45) is 0 Å². The Morgan fingerprint density at radius 2 is 1.23 bits per heavy atom. The van der Waals surface area contributed by atoms with Gasteiger partial charge in [-0.2, -0.15) is 0 Å². The Labute approximate surface area is 131 Å². The van der Waals surface area contributed by atoms with Crippen LogP contribution in [-0.4, -0.2) is 5.11 Å². The number of hydrogen-bond acceptors (Lipinski definition) is 1. The fraction of sp³-hybridized carbons (Fsp3) is 0.143. The van der Waals surface area contributed by atoms with Gasteiger partial charge >= 0.3 is 0 Å². The van der Waals surface area contributed by atoms with Crippen LogP contribution in [0.25, 0.3) is 0 Å². The molecule has 1 heteroatoms. The lowest BCUT2D eigenvalue weighted by Gasteiger charge is -2.21. The Kier molecular flexibility index (Phi) is 3.97. The molecule has 0 radical (unpaired) electrons. The number of aromatic hydroxyl groups is 1. The van der Waals surface area contributed by atoms with Gasteiger partial charge in [-0.3, -0.25) is 0 Å². The Bertz CT molecular complexity index is 721. The molecule has 3 rings (SSSR count). The molecule has 1 nitrogen and oxygen atoms in total. The first-order valence-corrected chi connectivity index (χ1v) is 7.57. The second-order valence-corrected chi connectivity index (χ2v) is 5.77. The molecule has 0 aliphatic rings. The zero-order chi connectivity index (χ0) is 15.5. The molecular formula is C21H20O. The highest BCUT2D eigenvalue weighted by molar-refractivity contribution is 5.52. The van der Waals surface area contributed by atoms with Gasteiger partial charge in [-0.15, -0.1) is 0 Å². The van der Waals surface area contributed by atoms with Crippen molar-refractivity contribution in [3.8, 4) is 5.75 Å². The predicted octanol–water partition coefficient (Wildman–Crippen LogP) is 5.19. The summed E-state index contributed by atoms with van der Waals surface area (Å²) in [4.78, 5) is 0. The standard InChI is InChI=1S/C21H20O/c1-15-13-16(2)21(22)19(14-15)20(17-9-5-3-6-10-17)18-11-7-4-8-12-18/h3-14,20,22H,1-2H3. The molecule has 3 aromatic carbocycles. The average Bonchev–Trinajstić information content (AvgIpc) is 2.54. The van der Waals surface area contributed by atoms with Gasteiger partial charge < -0.3 is 5.11 Å². The second-order valence-electron chi connectivity index (χ2n) is 5.77. The van der Waals surface area contributed by atoms with Crippen molar-refractivity contribution < 1.29 is 5.11 Å². The van der Waals surface area contributed by atoms with Gasteiger partial charge in [0.15, 0.2) is 0 Å². The summed E-state index contributed by atoms with van der Waals surface area (Å²) in [6, 6.07) is 24.8. The van der Waals surface area contributed by atoms with Crippen LogP contribution >= 0.6 is 0 Å². The molecule has 0 heterocycles. The zero-order valence-corrected chi connectivity index (χ0v) is 13.0. The van der Waals surface area contributed by atoms with Crippen LogP contribution in [0.5, 0.6) is 5.75 Å². The Morgan fingerprint density at radius 1 is 0.727 bits per heavy atom. The van der Waals surface area contributed by atoms with Gasteiger partial charge in [0.05, 0.1) is 0 Å². The maximum Gasteiger partial charge on any atom is 0.122 e. The van der Waals surface area contributed by atoms with E-state index >= 15 is 0 Å². The lowest BCUT2D eigenvalue weighted by atomic mass is 9.83. The van der Waals surface area contributed by atoms with Crippen molar-refractivity contribution in [1.82, 2.24) is 0 Å². The van der Waals surface area contributed by atoms with Gasteiger partial charge in [-0.05, 0) is 30.5 Å². The highest BCUT2D eigenvalue weighted by Gasteiger charge is 2.20. The number of phenolic OH excluding ortho intramolecular Hbond substituents is 1. The van der Waals surface area contributed by atoms with Crippen LogP contribution in [0.2, 0.25) is 0 Å². The average molecular weight is 288 g/mol. The first kappa shape index (κ1) is 14.4. The van der Waals surface area contributed by atoms with Crippen molar-refractivity contribution in [3.05, 3.63) is 101 Å². The lowest BCUT2D eigenvalue weighted by molar-refractivity contribution is 0.462. The van der Waals surface area contributed by atoms with E-state index in [0.29, 0.717) is 5.75 Å². The third kappa shape index (κ3) is 2.75. The molecule has 0 amide bonds. The van der Waals surface area contributed by atoms with Gasteiger partial charge in [0.1, 0.15) is 5.75 Å². The fourth-order valence-corrected chi connectivity index (χ4v) is 3.06. The molecule has 1 N–H and O–H groups in total. The SMILES string of the molecule is Cc1cc(C)c(O)c(C(c2ccccc2)c2ccccc2)c1. The maximum atomic E-state index is 10.6. The minimum Gasteiger partial charge on any atom is -0.507 e. The first-order chi connectivity index (χ1) is 10.7. The molecule has 0 aromatic heterocycles. The maximum absolute atomic E-state index is 10.6. The van der Waals surface area contributed by atoms with Crippen LogP contribution in [0.4, 0.5) is 0 Å². The van der Waals surface area contributed by atoms with Crippen LogP contribution in [0.1, 0.15) is 33.7 Å². The van der Waals surface area contributed by atoms with Crippen LogP contribution in [0.3, 0.4) is 0 Å². The number of aryl methyl sites for hydroxylation is 2. The topological polar surface area (TPSA) is 20.2 Å². The molecule has 0 saturated carbocycles. The molecule has 0 aliphatic carbocycles. The summed E-state index contributed by atoms with van der Waals surface area (Å²) in [5.74, 6) is 0.435. The van der Waals surface area contributed by atoms with E-state index in [-0.39, 0.29) is 5.92 Å². The minimum absolute atomic E-state index is 0.0426. The minimum atomic E-state index is 0.0426. The molecule has 110 valence electrons. The summed E-state index contributed by atoms with van der Waals surface area (Å²) in [5, 5.41) is 10.6. The molecule has 0 saturated heterocycles. The normalized spacial score (nSPS) is 10.9. The molecule has 0 atom stereocenters. The van der Waals surface area contributed by atoms with Gasteiger partial charge in [-0.25, -0.2) is 0 Å². The largest absolute Gasteiger partial charge is 0.507 e. The second kappa shape index (κ2) is 6.07. The van der Waals surface area contributed by atoms with E-state index < -0.39 is 0 Å². The third-order valence-electron chi connectivity index (χ3n) is 4.05. The Balaban J connectivity index is 2.23. The van der Waals surface area contributed by atoms with Crippen molar-refractivity contribution >= 4 is 0 Å². The Morgan fingerprint density at radius 3 is 1.73 bits per heavy atom. The van der Waals surface area contributed by atoms with E-state index in [1.54, 1.807) is 0 Å². The van der Waals surface area contributed by atoms with Crippen molar-refractivity contribution in [3.63, 3.8) is 0 Å². The van der Waals surface area contributed by atoms with Crippen LogP contribution in [-0.2, 0) is 0 Å². The molecular weight excluding hydrogens is 268 g/mol. The van der Waals surface area contributed by atoms with E-state index in [1.165, 1.54) is 16.7 Å². The number of phenols is 1. The van der Waals surface area contributed by atoms with Crippen molar-refractivity contribution in [2.75, 3.05) is 0 Å². The van der Waals surface area contributed by atoms with E-state index in [0.717, 1.165) is 11.1 Å². The van der Waals surface area contributed by atoms with E-state index in [2.05, 4.69) is 37.3 Å². The van der Waals surface area contributed by atoms with E-state index in [4.69, 9.17) is 0 Å². The molecule has 0 bridgehead atoms. The molecule has 3 aromatic rings. The summed E-state index contributed by atoms with van der Waals surface area (Å²) in [7, 11) is 0. The molecule has 0 fully saturated rings. The summed E-state index contributed by atoms with van der Waals surface area (Å²) >= 11 is 0. The molecule has 22 heavy (non-hydrogen) atoms. The summed E-state index contributed by atoms with van der Waals surface area (Å²) < 4.78 is 0. The van der Waals surface area contributed by atoms with Gasteiger partial charge in [0.25, 0.3) is 0 Å². The van der Waals surface area contributed by atoms with Crippen molar-refractivity contribution in [2.45, 2.75) is 19.8 Å². The number of benzene rings is 3. The summed E-state index contributed by atoms with van der Waals surface area (Å²) in [5.41, 5.74) is 5.44. The third-order valence-corrected chi connectivity index (χ3v) is 4.05. The molecule has 0 spiro atoms. The first-order valence-electron chi connectivity index (χ1n) is 7.57. The molecule has 0 aliphatic heterocycles. The summed E-state index contributed by atoms with van der Waals surface area (Å²) in [6.07, 6.45) is 0. The van der Waals surface area contributed by atoms with Gasteiger partial charge in [0, 0.05) is 11.5 Å². The van der Waals surface area contributed by atoms with Crippen LogP contribution in [0, 0.1) is 13.8 Å². The highest BCUT2D eigenvalue weighted by atomic mass is 16.3. The fourth-order valence-electron chi connectivity index (χ4n) is 3.06. The number of rotatable bonds is 3. The van der Waals surface area contributed by atoms with Gasteiger partial charge in [-0.1, -0.05) is 78.4 Å². The number of hydrogen-bond donors (Lipinski definition) is 1. The predicted molar refractivity (Wildman–Crippen MR) is 91.4 cm³/mol. The van der Waals surface area contributed by atoms with Crippen LogP contribution < -0.4 is 0 Å². The van der Waals surface area contributed by atoms with E-state index in [1.807, 2.05) is 49.4 Å². The summed E-state index contributed by atoms with van der Waals surface area (Å²) in [6.45, 7) is 4.03. The van der Waals surface area contributed by atoms with E-state index in [9.17, 15) is 5.11 Å². The lowest BCUT2D eigenvalue weighted by Crippen LogP contribution is -2.04. The highest BCUT2D eigenvalue weighted by Crippen LogP contribution is 2.38. The quantitative estimate of drug-likeness (QED) is 0.658. The zero-order valence-electron chi connectivity index (χ0n) is 13.0. The Hall–Kier alpha value is -2.54.